The summed E-state index contributed by atoms with van der Waals surface area (Å²) in [6.45, 7) is 9.21. The van der Waals surface area contributed by atoms with E-state index in [4.69, 9.17) is 9.47 Å². The van der Waals surface area contributed by atoms with Gasteiger partial charge in [0.25, 0.3) is 0 Å². The molecule has 0 bridgehead atoms. The first-order valence-electron chi connectivity index (χ1n) is 7.63. The first-order chi connectivity index (χ1) is 9.67. The monoisotopic (exact) mass is 279 g/mol. The number of hydrogen-bond acceptors (Lipinski definition) is 3. The van der Waals surface area contributed by atoms with Gasteiger partial charge in [-0.2, -0.15) is 0 Å². The summed E-state index contributed by atoms with van der Waals surface area (Å²) in [4.78, 5) is 0. The summed E-state index contributed by atoms with van der Waals surface area (Å²) in [5, 5.41) is 3.37. The molecule has 0 aliphatic carbocycles. The molecule has 0 saturated carbocycles. The highest BCUT2D eigenvalue weighted by molar-refractivity contribution is 5.30. The molecule has 0 saturated heterocycles. The first-order valence-corrected chi connectivity index (χ1v) is 7.63. The van der Waals surface area contributed by atoms with Crippen LogP contribution in [0.5, 0.6) is 5.75 Å². The third-order valence-corrected chi connectivity index (χ3v) is 3.29. The zero-order valence-corrected chi connectivity index (χ0v) is 13.3. The highest BCUT2D eigenvalue weighted by Gasteiger charge is 2.12. The average Bonchev–Trinajstić information content (AvgIpc) is 2.46. The normalized spacial score (nSPS) is 12.7. The SMILES string of the molecule is CCNCC(OCCCC(C)C)c1cccc(OC)c1. The maximum Gasteiger partial charge on any atom is 0.119 e. The van der Waals surface area contributed by atoms with Gasteiger partial charge >= 0.3 is 0 Å². The molecule has 0 aromatic heterocycles. The second kappa shape index (κ2) is 9.78. The first kappa shape index (κ1) is 17.0. The van der Waals surface area contributed by atoms with Crippen LogP contribution in [0.4, 0.5) is 0 Å². The predicted octanol–water partition coefficient (Wildman–Crippen LogP) is 3.80. The Balaban J connectivity index is 2.57. The van der Waals surface area contributed by atoms with Gasteiger partial charge in [-0.05, 0) is 43.0 Å². The fraction of sp³-hybridized carbons (Fsp3) is 0.647. The van der Waals surface area contributed by atoms with Gasteiger partial charge < -0.3 is 14.8 Å². The molecule has 3 heteroatoms. The quantitative estimate of drug-likeness (QED) is 0.661. The topological polar surface area (TPSA) is 30.5 Å². The van der Waals surface area contributed by atoms with Gasteiger partial charge in [0.05, 0.1) is 13.2 Å². The molecule has 0 spiro atoms. The minimum Gasteiger partial charge on any atom is -0.497 e. The summed E-state index contributed by atoms with van der Waals surface area (Å²) in [6, 6.07) is 8.15. The molecule has 1 aromatic rings. The van der Waals surface area contributed by atoms with Gasteiger partial charge in [0.2, 0.25) is 0 Å². The van der Waals surface area contributed by atoms with Crippen molar-refractivity contribution in [2.45, 2.75) is 39.7 Å². The van der Waals surface area contributed by atoms with Gasteiger partial charge in [-0.3, -0.25) is 0 Å². The van der Waals surface area contributed by atoms with Crippen molar-refractivity contribution in [1.82, 2.24) is 5.32 Å². The number of likely N-dealkylation sites (N-methyl/N-ethyl adjacent to an activating group) is 1. The molecular formula is C17H29NO2. The van der Waals surface area contributed by atoms with E-state index >= 15 is 0 Å². The molecule has 0 radical (unpaired) electrons. The minimum atomic E-state index is 0.0946. The van der Waals surface area contributed by atoms with Crippen LogP contribution in [0.15, 0.2) is 24.3 Å². The fourth-order valence-electron chi connectivity index (χ4n) is 2.11. The lowest BCUT2D eigenvalue weighted by Crippen LogP contribution is -2.23. The van der Waals surface area contributed by atoms with Crippen LogP contribution in [-0.4, -0.2) is 26.8 Å². The van der Waals surface area contributed by atoms with Crippen molar-refractivity contribution in [3.8, 4) is 5.75 Å². The summed E-state index contributed by atoms with van der Waals surface area (Å²) in [6.07, 6.45) is 2.42. The van der Waals surface area contributed by atoms with Crippen LogP contribution in [0.1, 0.15) is 45.3 Å². The molecule has 0 aliphatic heterocycles. The molecule has 0 fully saturated rings. The summed E-state index contributed by atoms with van der Waals surface area (Å²) in [7, 11) is 1.70. The Bertz CT molecular complexity index is 366. The number of hydrogen-bond donors (Lipinski definition) is 1. The van der Waals surface area contributed by atoms with E-state index in [-0.39, 0.29) is 6.10 Å². The van der Waals surface area contributed by atoms with Crippen molar-refractivity contribution < 1.29 is 9.47 Å². The Morgan fingerprint density at radius 2 is 2.05 bits per heavy atom. The molecule has 20 heavy (non-hydrogen) atoms. The van der Waals surface area contributed by atoms with Crippen molar-refractivity contribution in [1.29, 1.82) is 0 Å². The van der Waals surface area contributed by atoms with E-state index in [0.717, 1.165) is 37.8 Å². The maximum atomic E-state index is 6.06. The Kier molecular flexibility index (Phi) is 8.31. The standard InChI is InChI=1S/C17H29NO2/c1-5-18-13-17(20-11-7-8-14(2)3)15-9-6-10-16(12-15)19-4/h6,9-10,12,14,17-18H,5,7-8,11,13H2,1-4H3. The van der Waals surface area contributed by atoms with E-state index in [1.165, 1.54) is 12.0 Å². The van der Waals surface area contributed by atoms with Gasteiger partial charge in [0.1, 0.15) is 5.75 Å². The van der Waals surface area contributed by atoms with Crippen LogP contribution in [0.2, 0.25) is 0 Å². The maximum absolute atomic E-state index is 6.06. The van der Waals surface area contributed by atoms with Gasteiger partial charge in [-0.15, -0.1) is 0 Å². The van der Waals surface area contributed by atoms with Crippen LogP contribution in [0.25, 0.3) is 0 Å². The van der Waals surface area contributed by atoms with E-state index in [1.54, 1.807) is 7.11 Å². The largest absolute Gasteiger partial charge is 0.497 e. The number of methoxy groups -OCH3 is 1. The average molecular weight is 279 g/mol. The molecule has 0 amide bonds. The van der Waals surface area contributed by atoms with Gasteiger partial charge in [-0.1, -0.05) is 32.9 Å². The number of rotatable bonds is 10. The van der Waals surface area contributed by atoms with E-state index in [9.17, 15) is 0 Å². The highest BCUT2D eigenvalue weighted by atomic mass is 16.5. The third kappa shape index (κ3) is 6.40. The third-order valence-electron chi connectivity index (χ3n) is 3.29. The van der Waals surface area contributed by atoms with Gasteiger partial charge in [-0.25, -0.2) is 0 Å². The number of ether oxygens (including phenoxy) is 2. The molecule has 114 valence electrons. The van der Waals surface area contributed by atoms with Crippen molar-refractivity contribution in [2.24, 2.45) is 5.92 Å². The summed E-state index contributed by atoms with van der Waals surface area (Å²) in [5.41, 5.74) is 1.18. The fourth-order valence-corrected chi connectivity index (χ4v) is 2.11. The molecule has 1 unspecified atom stereocenters. The molecular weight excluding hydrogens is 250 g/mol. The Morgan fingerprint density at radius 3 is 2.70 bits per heavy atom. The molecule has 1 N–H and O–H groups in total. The van der Waals surface area contributed by atoms with Crippen LogP contribution in [-0.2, 0) is 4.74 Å². The van der Waals surface area contributed by atoms with Gasteiger partial charge in [0.15, 0.2) is 0 Å². The molecule has 1 atom stereocenters. The lowest BCUT2D eigenvalue weighted by Gasteiger charge is -2.19. The zero-order chi connectivity index (χ0) is 14.8. The van der Waals surface area contributed by atoms with Gasteiger partial charge in [0, 0.05) is 13.2 Å². The minimum absolute atomic E-state index is 0.0946. The van der Waals surface area contributed by atoms with Crippen LogP contribution in [0, 0.1) is 5.92 Å². The van der Waals surface area contributed by atoms with Crippen LogP contribution >= 0.6 is 0 Å². The number of nitrogens with one attached hydrogen (secondary N) is 1. The highest BCUT2D eigenvalue weighted by Crippen LogP contribution is 2.22. The van der Waals surface area contributed by atoms with Crippen LogP contribution in [0.3, 0.4) is 0 Å². The zero-order valence-electron chi connectivity index (χ0n) is 13.3. The van der Waals surface area contributed by atoms with Crippen molar-refractivity contribution in [3.05, 3.63) is 29.8 Å². The molecule has 0 heterocycles. The summed E-state index contributed by atoms with van der Waals surface area (Å²) >= 11 is 0. The van der Waals surface area contributed by atoms with Crippen LogP contribution < -0.4 is 10.1 Å². The second-order valence-corrected chi connectivity index (χ2v) is 5.48. The summed E-state index contributed by atoms with van der Waals surface area (Å²) in [5.74, 6) is 1.62. The Labute approximate surface area is 123 Å². The smallest absolute Gasteiger partial charge is 0.119 e. The Hall–Kier alpha value is -1.06. The van der Waals surface area contributed by atoms with E-state index in [0.29, 0.717) is 0 Å². The lowest BCUT2D eigenvalue weighted by molar-refractivity contribution is 0.0489. The number of benzene rings is 1. The molecule has 3 nitrogen and oxygen atoms in total. The van der Waals surface area contributed by atoms with Crippen molar-refractivity contribution >= 4 is 0 Å². The predicted molar refractivity (Wildman–Crippen MR) is 84.3 cm³/mol. The van der Waals surface area contributed by atoms with E-state index < -0.39 is 0 Å². The molecule has 1 rings (SSSR count). The second-order valence-electron chi connectivity index (χ2n) is 5.48. The lowest BCUT2D eigenvalue weighted by atomic mass is 10.1. The Morgan fingerprint density at radius 1 is 1.25 bits per heavy atom. The molecule has 1 aromatic carbocycles. The van der Waals surface area contributed by atoms with Crippen molar-refractivity contribution in [3.63, 3.8) is 0 Å². The summed E-state index contributed by atoms with van der Waals surface area (Å²) < 4.78 is 11.4. The molecule has 0 aliphatic rings. The van der Waals surface area contributed by atoms with E-state index in [2.05, 4.69) is 38.2 Å². The van der Waals surface area contributed by atoms with E-state index in [1.807, 2.05) is 12.1 Å². The van der Waals surface area contributed by atoms with Crippen molar-refractivity contribution in [2.75, 3.05) is 26.8 Å².